The summed E-state index contributed by atoms with van der Waals surface area (Å²) in [6, 6.07) is 4.68. The second kappa shape index (κ2) is 5.93. The van der Waals surface area contributed by atoms with Gasteiger partial charge in [-0.05, 0) is 37.3 Å². The Morgan fingerprint density at radius 1 is 1.42 bits per heavy atom. The largest absolute Gasteiger partial charge is 0.381 e. The van der Waals surface area contributed by atoms with Gasteiger partial charge >= 0.3 is 0 Å². The number of nitrogens with zero attached hydrogens (tertiary/aromatic N) is 1. The highest BCUT2D eigenvalue weighted by Gasteiger charge is 2.24. The molecule has 1 heterocycles. The highest BCUT2D eigenvalue weighted by Crippen LogP contribution is 2.26. The number of nitro benzene ring substituents is 1. The van der Waals surface area contributed by atoms with Crippen molar-refractivity contribution in [3.63, 3.8) is 0 Å². The van der Waals surface area contributed by atoms with Crippen molar-refractivity contribution >= 4 is 11.5 Å². The maximum absolute atomic E-state index is 12.2. The number of hydrogen-bond donors (Lipinski definition) is 0. The third-order valence-electron chi connectivity index (χ3n) is 3.46. The molecule has 0 radical (unpaired) electrons. The van der Waals surface area contributed by atoms with Crippen LogP contribution in [0.5, 0.6) is 0 Å². The summed E-state index contributed by atoms with van der Waals surface area (Å²) in [6.07, 6.45) is 2.07. The summed E-state index contributed by atoms with van der Waals surface area (Å²) >= 11 is 0. The van der Waals surface area contributed by atoms with E-state index >= 15 is 0 Å². The molecule has 2 rings (SSSR count). The quantitative estimate of drug-likeness (QED) is 0.476. The molecular formula is C14H17NO4. The van der Waals surface area contributed by atoms with E-state index in [0.717, 1.165) is 18.4 Å². The average Bonchev–Trinajstić information content (AvgIpc) is 2.39. The van der Waals surface area contributed by atoms with E-state index in [2.05, 4.69) is 0 Å². The minimum absolute atomic E-state index is 0.0948. The van der Waals surface area contributed by atoms with Crippen molar-refractivity contribution in [2.24, 2.45) is 5.92 Å². The Bertz CT molecular complexity index is 492. The fraction of sp³-hybridized carbons (Fsp3) is 0.500. The first-order valence-electron chi connectivity index (χ1n) is 6.44. The number of ketones is 1. The van der Waals surface area contributed by atoms with Crippen LogP contribution in [0.4, 0.5) is 5.69 Å². The van der Waals surface area contributed by atoms with Gasteiger partial charge in [-0.15, -0.1) is 0 Å². The number of benzene rings is 1. The molecule has 0 saturated carbocycles. The molecule has 1 aromatic rings. The Morgan fingerprint density at radius 3 is 2.74 bits per heavy atom. The molecule has 1 fully saturated rings. The molecule has 0 spiro atoms. The molecule has 0 amide bonds. The van der Waals surface area contributed by atoms with E-state index in [1.165, 1.54) is 6.07 Å². The molecule has 1 aliphatic rings. The molecule has 0 bridgehead atoms. The Morgan fingerprint density at radius 2 is 2.11 bits per heavy atom. The first kappa shape index (κ1) is 13.7. The standard InChI is InChI=1S/C14H17NO4/c1-10-2-3-13(15(17)18)12(8-10)14(16)9-11-4-6-19-7-5-11/h2-3,8,11H,4-7,9H2,1H3. The molecule has 5 nitrogen and oxygen atoms in total. The van der Waals surface area contributed by atoms with Gasteiger partial charge in [0.2, 0.25) is 0 Å². The molecule has 0 aromatic heterocycles. The van der Waals surface area contributed by atoms with Gasteiger partial charge in [-0.3, -0.25) is 14.9 Å². The van der Waals surface area contributed by atoms with Crippen LogP contribution in [0.1, 0.15) is 35.2 Å². The Balaban J connectivity index is 2.17. The average molecular weight is 263 g/mol. The van der Waals surface area contributed by atoms with Gasteiger partial charge in [0.1, 0.15) is 0 Å². The minimum Gasteiger partial charge on any atom is -0.381 e. The molecule has 19 heavy (non-hydrogen) atoms. The van der Waals surface area contributed by atoms with Gasteiger partial charge in [-0.2, -0.15) is 0 Å². The lowest BCUT2D eigenvalue weighted by Crippen LogP contribution is -2.19. The smallest absolute Gasteiger partial charge is 0.280 e. The molecule has 1 aliphatic heterocycles. The van der Waals surface area contributed by atoms with E-state index in [9.17, 15) is 14.9 Å². The zero-order chi connectivity index (χ0) is 13.8. The Kier molecular flexibility index (Phi) is 4.27. The van der Waals surface area contributed by atoms with E-state index in [0.29, 0.717) is 19.6 Å². The van der Waals surface area contributed by atoms with Crippen LogP contribution < -0.4 is 0 Å². The highest BCUT2D eigenvalue weighted by molar-refractivity contribution is 6.00. The van der Waals surface area contributed by atoms with Crippen molar-refractivity contribution < 1.29 is 14.5 Å². The monoisotopic (exact) mass is 263 g/mol. The molecule has 102 valence electrons. The molecule has 0 N–H and O–H groups in total. The van der Waals surface area contributed by atoms with E-state index in [4.69, 9.17) is 4.74 Å². The lowest BCUT2D eigenvalue weighted by Gasteiger charge is -2.21. The van der Waals surface area contributed by atoms with Gasteiger partial charge in [-0.25, -0.2) is 0 Å². The van der Waals surface area contributed by atoms with Crippen molar-refractivity contribution in [2.75, 3.05) is 13.2 Å². The van der Waals surface area contributed by atoms with Gasteiger partial charge in [0.05, 0.1) is 10.5 Å². The molecular weight excluding hydrogens is 246 g/mol. The van der Waals surface area contributed by atoms with Crippen LogP contribution in [-0.4, -0.2) is 23.9 Å². The number of carbonyl (C=O) groups is 1. The summed E-state index contributed by atoms with van der Waals surface area (Å²) < 4.78 is 5.25. The first-order valence-corrected chi connectivity index (χ1v) is 6.44. The number of aryl methyl sites for hydroxylation is 1. The van der Waals surface area contributed by atoms with Crippen LogP contribution in [0.2, 0.25) is 0 Å². The number of ether oxygens (including phenoxy) is 1. The summed E-state index contributed by atoms with van der Waals surface area (Å²) in [5.41, 5.74) is 1.00. The summed E-state index contributed by atoms with van der Waals surface area (Å²) in [6.45, 7) is 3.18. The van der Waals surface area contributed by atoms with Gasteiger partial charge < -0.3 is 4.74 Å². The normalized spacial score (nSPS) is 16.3. The predicted molar refractivity (Wildman–Crippen MR) is 70.3 cm³/mol. The van der Waals surface area contributed by atoms with Crippen molar-refractivity contribution in [2.45, 2.75) is 26.2 Å². The zero-order valence-electron chi connectivity index (χ0n) is 10.9. The predicted octanol–water partition coefficient (Wildman–Crippen LogP) is 2.90. The van der Waals surface area contributed by atoms with E-state index in [1.807, 2.05) is 6.92 Å². The second-order valence-electron chi connectivity index (χ2n) is 4.96. The van der Waals surface area contributed by atoms with Crippen LogP contribution in [0.15, 0.2) is 18.2 Å². The van der Waals surface area contributed by atoms with E-state index in [-0.39, 0.29) is 23.0 Å². The first-order chi connectivity index (χ1) is 9.08. The number of carbonyl (C=O) groups excluding carboxylic acids is 1. The van der Waals surface area contributed by atoms with Crippen LogP contribution >= 0.6 is 0 Å². The third kappa shape index (κ3) is 3.38. The number of rotatable bonds is 4. The van der Waals surface area contributed by atoms with E-state index in [1.54, 1.807) is 12.1 Å². The van der Waals surface area contributed by atoms with Gasteiger partial charge in [0.25, 0.3) is 5.69 Å². The maximum atomic E-state index is 12.2. The summed E-state index contributed by atoms with van der Waals surface area (Å²) in [4.78, 5) is 22.7. The highest BCUT2D eigenvalue weighted by atomic mass is 16.6. The lowest BCUT2D eigenvalue weighted by atomic mass is 9.91. The van der Waals surface area contributed by atoms with Crippen molar-refractivity contribution in [3.05, 3.63) is 39.4 Å². The third-order valence-corrected chi connectivity index (χ3v) is 3.46. The van der Waals surface area contributed by atoms with E-state index < -0.39 is 4.92 Å². The number of hydrogen-bond acceptors (Lipinski definition) is 4. The summed E-state index contributed by atoms with van der Waals surface area (Å²) in [5, 5.41) is 11.0. The second-order valence-corrected chi connectivity index (χ2v) is 4.96. The van der Waals surface area contributed by atoms with Crippen molar-refractivity contribution in [1.82, 2.24) is 0 Å². The number of nitro groups is 1. The van der Waals surface area contributed by atoms with Gasteiger partial charge in [0.15, 0.2) is 5.78 Å². The number of Topliss-reactive ketones (excluding diaryl/α,β-unsaturated/α-hetero) is 1. The zero-order valence-corrected chi connectivity index (χ0v) is 10.9. The summed E-state index contributed by atoms with van der Waals surface area (Å²) in [7, 11) is 0. The molecule has 0 unspecified atom stereocenters. The maximum Gasteiger partial charge on any atom is 0.280 e. The Hall–Kier alpha value is -1.75. The fourth-order valence-electron chi connectivity index (χ4n) is 2.36. The topological polar surface area (TPSA) is 69.4 Å². The van der Waals surface area contributed by atoms with Crippen molar-refractivity contribution in [1.29, 1.82) is 0 Å². The molecule has 0 atom stereocenters. The van der Waals surface area contributed by atoms with Gasteiger partial charge in [-0.1, -0.05) is 6.07 Å². The van der Waals surface area contributed by atoms with Crippen LogP contribution in [0.3, 0.4) is 0 Å². The fourth-order valence-corrected chi connectivity index (χ4v) is 2.36. The van der Waals surface area contributed by atoms with Gasteiger partial charge in [0, 0.05) is 25.7 Å². The molecule has 1 aromatic carbocycles. The van der Waals surface area contributed by atoms with Crippen LogP contribution in [0, 0.1) is 23.0 Å². The molecule has 0 aliphatic carbocycles. The van der Waals surface area contributed by atoms with Crippen molar-refractivity contribution in [3.8, 4) is 0 Å². The molecule has 1 saturated heterocycles. The lowest BCUT2D eigenvalue weighted by molar-refractivity contribution is -0.385. The molecule has 5 heteroatoms. The SMILES string of the molecule is Cc1ccc([N+](=O)[O-])c(C(=O)CC2CCOCC2)c1. The van der Waals surface area contributed by atoms with Crippen LogP contribution in [0.25, 0.3) is 0 Å². The van der Waals surface area contributed by atoms with Crippen LogP contribution in [-0.2, 0) is 4.74 Å². The minimum atomic E-state index is -0.489. The summed E-state index contributed by atoms with van der Waals surface area (Å²) in [5.74, 6) is 0.142. The Labute approximate surface area is 111 Å².